The number of aryl methyl sites for hydroxylation is 2. The van der Waals surface area contributed by atoms with E-state index in [4.69, 9.17) is 4.52 Å². The lowest BCUT2D eigenvalue weighted by atomic mass is 10.1. The van der Waals surface area contributed by atoms with E-state index in [0.717, 1.165) is 29.2 Å². The minimum atomic E-state index is -0.149. The van der Waals surface area contributed by atoms with Crippen molar-refractivity contribution in [3.05, 3.63) is 17.0 Å². The van der Waals surface area contributed by atoms with Crippen LogP contribution in [0.3, 0.4) is 0 Å². The first kappa shape index (κ1) is 16.0. The van der Waals surface area contributed by atoms with Gasteiger partial charge in [-0.1, -0.05) is 5.16 Å². The summed E-state index contributed by atoms with van der Waals surface area (Å²) in [6.45, 7) is 3.71. The van der Waals surface area contributed by atoms with Crippen molar-refractivity contribution in [1.82, 2.24) is 10.5 Å². The van der Waals surface area contributed by atoms with Crippen LogP contribution in [0.25, 0.3) is 0 Å². The van der Waals surface area contributed by atoms with Crippen LogP contribution in [0.5, 0.6) is 0 Å². The van der Waals surface area contributed by atoms with E-state index in [1.54, 1.807) is 11.8 Å². The van der Waals surface area contributed by atoms with Gasteiger partial charge in [0.15, 0.2) is 0 Å². The smallest absolute Gasteiger partial charge is 0.220 e. The van der Waals surface area contributed by atoms with Gasteiger partial charge in [-0.15, -0.1) is 0 Å². The van der Waals surface area contributed by atoms with Crippen LogP contribution in [0.2, 0.25) is 0 Å². The number of hydrogen-bond donors (Lipinski definition) is 2. The van der Waals surface area contributed by atoms with Gasteiger partial charge in [-0.3, -0.25) is 4.79 Å². The standard InChI is InChI=1S/C13H22N2O3S/c1-9-12(10(2)18-15-9)4-5-13(17)14-11(8-16)6-7-19-3/h11,16H,4-8H2,1-3H3,(H,14,17)/t11-/m0/s1. The zero-order valence-electron chi connectivity index (χ0n) is 11.7. The molecule has 0 radical (unpaired) electrons. The molecule has 6 heteroatoms. The van der Waals surface area contributed by atoms with Crippen molar-refractivity contribution in [2.45, 2.75) is 39.2 Å². The number of amides is 1. The first-order chi connectivity index (χ1) is 9.08. The van der Waals surface area contributed by atoms with Crippen molar-refractivity contribution in [3.63, 3.8) is 0 Å². The van der Waals surface area contributed by atoms with Crippen LogP contribution >= 0.6 is 11.8 Å². The average Bonchev–Trinajstić information content (AvgIpc) is 2.71. The summed E-state index contributed by atoms with van der Waals surface area (Å²) in [5, 5.41) is 15.9. The van der Waals surface area contributed by atoms with Crippen molar-refractivity contribution in [2.24, 2.45) is 0 Å². The molecule has 0 saturated carbocycles. The van der Waals surface area contributed by atoms with Gasteiger partial charge < -0.3 is 14.9 Å². The molecule has 1 rings (SSSR count). The van der Waals surface area contributed by atoms with E-state index in [2.05, 4.69) is 10.5 Å². The molecule has 0 spiro atoms. The lowest BCUT2D eigenvalue weighted by Crippen LogP contribution is -2.38. The molecule has 0 unspecified atom stereocenters. The Labute approximate surface area is 118 Å². The summed E-state index contributed by atoms with van der Waals surface area (Å²) in [6, 6.07) is -0.149. The highest BCUT2D eigenvalue weighted by Crippen LogP contribution is 2.14. The maximum absolute atomic E-state index is 11.8. The highest BCUT2D eigenvalue weighted by atomic mass is 32.2. The Kier molecular flexibility index (Phi) is 6.94. The molecule has 1 heterocycles. The number of rotatable bonds is 8. The molecule has 0 aliphatic rings. The molecule has 0 bridgehead atoms. The molecular weight excluding hydrogens is 264 g/mol. The number of thioether (sulfide) groups is 1. The van der Waals surface area contributed by atoms with Crippen LogP contribution in [0, 0.1) is 13.8 Å². The normalized spacial score (nSPS) is 12.4. The van der Waals surface area contributed by atoms with E-state index >= 15 is 0 Å². The highest BCUT2D eigenvalue weighted by Gasteiger charge is 2.14. The predicted molar refractivity (Wildman–Crippen MR) is 76.3 cm³/mol. The van der Waals surface area contributed by atoms with Crippen molar-refractivity contribution in [2.75, 3.05) is 18.6 Å². The summed E-state index contributed by atoms with van der Waals surface area (Å²) in [6.07, 6.45) is 3.80. The highest BCUT2D eigenvalue weighted by molar-refractivity contribution is 7.98. The second kappa shape index (κ2) is 8.22. The zero-order valence-corrected chi connectivity index (χ0v) is 12.5. The third kappa shape index (κ3) is 5.24. The molecule has 2 N–H and O–H groups in total. The second-order valence-corrected chi connectivity index (χ2v) is 5.52. The largest absolute Gasteiger partial charge is 0.394 e. The minimum Gasteiger partial charge on any atom is -0.394 e. The Balaban J connectivity index is 2.38. The number of hydrogen-bond acceptors (Lipinski definition) is 5. The van der Waals surface area contributed by atoms with Gasteiger partial charge in [0.1, 0.15) is 5.76 Å². The monoisotopic (exact) mass is 286 g/mol. The topological polar surface area (TPSA) is 75.4 Å². The maximum Gasteiger partial charge on any atom is 0.220 e. The molecule has 0 saturated heterocycles. The molecule has 19 heavy (non-hydrogen) atoms. The van der Waals surface area contributed by atoms with Gasteiger partial charge in [0.25, 0.3) is 0 Å². The zero-order chi connectivity index (χ0) is 14.3. The summed E-state index contributed by atoms with van der Waals surface area (Å²) in [7, 11) is 0. The van der Waals surface area contributed by atoms with Crippen LogP contribution in [0.15, 0.2) is 4.52 Å². The van der Waals surface area contributed by atoms with Gasteiger partial charge in [0.05, 0.1) is 18.3 Å². The van der Waals surface area contributed by atoms with Crippen molar-refractivity contribution >= 4 is 17.7 Å². The summed E-state index contributed by atoms with van der Waals surface area (Å²) >= 11 is 1.70. The third-order valence-corrected chi connectivity index (χ3v) is 3.68. The van der Waals surface area contributed by atoms with E-state index in [9.17, 15) is 9.90 Å². The summed E-state index contributed by atoms with van der Waals surface area (Å²) < 4.78 is 5.06. The number of nitrogens with one attached hydrogen (secondary N) is 1. The van der Waals surface area contributed by atoms with E-state index in [1.165, 1.54) is 0 Å². The van der Waals surface area contributed by atoms with E-state index in [-0.39, 0.29) is 18.6 Å². The molecule has 1 atom stereocenters. The third-order valence-electron chi connectivity index (χ3n) is 3.04. The Morgan fingerprint density at radius 2 is 2.26 bits per heavy atom. The molecule has 0 fully saturated rings. The number of aliphatic hydroxyl groups excluding tert-OH is 1. The Hall–Kier alpha value is -1.01. The van der Waals surface area contributed by atoms with Crippen LogP contribution in [-0.4, -0.2) is 40.8 Å². The van der Waals surface area contributed by atoms with Gasteiger partial charge in [0, 0.05) is 12.0 Å². The van der Waals surface area contributed by atoms with Gasteiger partial charge in [0.2, 0.25) is 5.91 Å². The number of carbonyl (C=O) groups excluding carboxylic acids is 1. The van der Waals surface area contributed by atoms with Crippen LogP contribution in [0.1, 0.15) is 29.9 Å². The van der Waals surface area contributed by atoms with Crippen LogP contribution < -0.4 is 5.32 Å². The minimum absolute atomic E-state index is 0.0162. The number of nitrogens with zero attached hydrogens (tertiary/aromatic N) is 1. The molecule has 5 nitrogen and oxygen atoms in total. The van der Waals surface area contributed by atoms with Crippen molar-refractivity contribution in [3.8, 4) is 0 Å². The summed E-state index contributed by atoms with van der Waals surface area (Å²) in [5.41, 5.74) is 1.84. The van der Waals surface area contributed by atoms with E-state index < -0.39 is 0 Å². The molecule has 1 amide bonds. The molecule has 0 aliphatic carbocycles. The summed E-state index contributed by atoms with van der Waals surface area (Å²) in [5.74, 6) is 1.65. The molecule has 0 aliphatic heterocycles. The molecule has 1 aromatic rings. The first-order valence-corrected chi connectivity index (χ1v) is 7.78. The molecule has 0 aromatic carbocycles. The lowest BCUT2D eigenvalue weighted by Gasteiger charge is -2.15. The van der Waals surface area contributed by atoms with Crippen molar-refractivity contribution < 1.29 is 14.4 Å². The molecular formula is C13H22N2O3S. The fourth-order valence-corrected chi connectivity index (χ4v) is 2.39. The van der Waals surface area contributed by atoms with Gasteiger partial charge in [-0.05, 0) is 38.7 Å². The maximum atomic E-state index is 11.8. The fourth-order valence-electron chi connectivity index (χ4n) is 1.87. The van der Waals surface area contributed by atoms with E-state index in [1.807, 2.05) is 20.1 Å². The van der Waals surface area contributed by atoms with Gasteiger partial charge in [-0.25, -0.2) is 0 Å². The molecule has 1 aromatic heterocycles. The number of aromatic nitrogens is 1. The lowest BCUT2D eigenvalue weighted by molar-refractivity contribution is -0.122. The Morgan fingerprint density at radius 1 is 1.53 bits per heavy atom. The first-order valence-electron chi connectivity index (χ1n) is 6.39. The predicted octanol–water partition coefficient (Wildman–Crippen LogP) is 1.45. The van der Waals surface area contributed by atoms with Crippen molar-refractivity contribution in [1.29, 1.82) is 0 Å². The fraction of sp³-hybridized carbons (Fsp3) is 0.692. The number of carbonyl (C=O) groups is 1. The average molecular weight is 286 g/mol. The Morgan fingerprint density at radius 3 is 2.79 bits per heavy atom. The SMILES string of the molecule is CSCC[C@@H](CO)NC(=O)CCc1c(C)noc1C. The van der Waals surface area contributed by atoms with Crippen LogP contribution in [-0.2, 0) is 11.2 Å². The van der Waals surface area contributed by atoms with Gasteiger partial charge in [-0.2, -0.15) is 11.8 Å². The Bertz CT molecular complexity index is 387. The number of aliphatic hydroxyl groups is 1. The van der Waals surface area contributed by atoms with E-state index in [0.29, 0.717) is 12.8 Å². The van der Waals surface area contributed by atoms with Gasteiger partial charge >= 0.3 is 0 Å². The quantitative estimate of drug-likeness (QED) is 0.756. The van der Waals surface area contributed by atoms with Crippen LogP contribution in [0.4, 0.5) is 0 Å². The summed E-state index contributed by atoms with van der Waals surface area (Å²) in [4.78, 5) is 11.8. The second-order valence-electron chi connectivity index (χ2n) is 4.53. The molecule has 108 valence electrons.